The van der Waals surface area contributed by atoms with Crippen LogP contribution in [0.15, 0.2) is 94.5 Å². The summed E-state index contributed by atoms with van der Waals surface area (Å²) in [5, 5.41) is 12.8. The topological polar surface area (TPSA) is 63.1 Å². The van der Waals surface area contributed by atoms with E-state index in [4.69, 9.17) is 0 Å². The van der Waals surface area contributed by atoms with Gasteiger partial charge < -0.3 is 0 Å². The molecule has 0 spiro atoms. The number of hydrogen-bond donors (Lipinski definition) is 1. The molecule has 28 heavy (non-hydrogen) atoms. The molecule has 0 saturated heterocycles. The Bertz CT molecular complexity index is 1100. The molecule has 0 amide bonds. The summed E-state index contributed by atoms with van der Waals surface area (Å²) in [5.41, 5.74) is 7.24. The molecule has 136 valence electrons. The Morgan fingerprint density at radius 2 is 1.43 bits per heavy atom. The molecule has 4 rings (SSSR count). The molecule has 6 heteroatoms. The van der Waals surface area contributed by atoms with Crippen molar-refractivity contribution in [2.24, 2.45) is 5.10 Å². The van der Waals surface area contributed by atoms with Crippen LogP contribution in [0.25, 0.3) is 22.5 Å². The van der Waals surface area contributed by atoms with Crippen LogP contribution in [0, 0.1) is 0 Å². The number of rotatable bonds is 5. The molecule has 3 aromatic carbocycles. The number of aromatic nitrogens is 3. The minimum Gasteiger partial charge on any atom is -0.244 e. The number of hydrogen-bond acceptors (Lipinski definition) is 5. The number of nitrogens with one attached hydrogen (secondary N) is 1. The predicted molar refractivity (Wildman–Crippen MR) is 116 cm³/mol. The highest BCUT2D eigenvalue weighted by molar-refractivity contribution is 9.10. The monoisotopic (exact) mass is 429 g/mol. The van der Waals surface area contributed by atoms with Crippen LogP contribution in [0.2, 0.25) is 0 Å². The highest BCUT2D eigenvalue weighted by atomic mass is 79.9. The van der Waals surface area contributed by atoms with Crippen LogP contribution in [0.3, 0.4) is 0 Å². The van der Waals surface area contributed by atoms with Gasteiger partial charge in [0.1, 0.15) is 11.4 Å². The molecule has 0 fully saturated rings. The van der Waals surface area contributed by atoms with Crippen LogP contribution in [0.4, 0.5) is 5.95 Å². The van der Waals surface area contributed by atoms with E-state index in [1.807, 2.05) is 84.9 Å². The molecule has 0 aliphatic rings. The summed E-state index contributed by atoms with van der Waals surface area (Å²) >= 11 is 3.45. The molecule has 0 aliphatic carbocycles. The van der Waals surface area contributed by atoms with E-state index in [1.54, 1.807) is 6.21 Å². The molecule has 0 radical (unpaired) electrons. The third-order valence-electron chi connectivity index (χ3n) is 4.01. The summed E-state index contributed by atoms with van der Waals surface area (Å²) in [4.78, 5) is 4.66. The van der Waals surface area contributed by atoms with E-state index >= 15 is 0 Å². The standard InChI is InChI=1S/C22H16BrN5/c23-19-13-7-8-16(14-19)15-24-27-22-25-20(17-9-3-1-4-10-17)21(26-28-22)18-11-5-2-6-12-18/h1-15H,(H,25,27,28)/b24-15-. The lowest BCUT2D eigenvalue weighted by Gasteiger charge is -2.09. The van der Waals surface area contributed by atoms with E-state index < -0.39 is 0 Å². The van der Waals surface area contributed by atoms with Crippen molar-refractivity contribution >= 4 is 28.1 Å². The molecular formula is C22H16BrN5. The summed E-state index contributed by atoms with van der Waals surface area (Å²) in [6.45, 7) is 0. The van der Waals surface area contributed by atoms with Gasteiger partial charge in [0.15, 0.2) is 0 Å². The fourth-order valence-corrected chi connectivity index (χ4v) is 3.13. The second kappa shape index (κ2) is 8.54. The summed E-state index contributed by atoms with van der Waals surface area (Å²) in [7, 11) is 0. The largest absolute Gasteiger partial charge is 0.263 e. The van der Waals surface area contributed by atoms with Gasteiger partial charge in [-0.3, -0.25) is 0 Å². The molecule has 5 nitrogen and oxygen atoms in total. The summed E-state index contributed by atoms with van der Waals surface area (Å²) < 4.78 is 0.993. The number of hydrazone groups is 1. The van der Waals surface area contributed by atoms with Crippen molar-refractivity contribution in [2.75, 3.05) is 5.43 Å². The Labute approximate surface area is 171 Å². The minimum atomic E-state index is 0.338. The third-order valence-corrected chi connectivity index (χ3v) is 4.50. The molecule has 0 atom stereocenters. The van der Waals surface area contributed by atoms with Gasteiger partial charge in [-0.1, -0.05) is 88.7 Å². The van der Waals surface area contributed by atoms with Gasteiger partial charge in [-0.25, -0.2) is 10.4 Å². The SMILES string of the molecule is Brc1cccc(/C=N\Nc2nnc(-c3ccccc3)c(-c3ccccc3)n2)c1. The fraction of sp³-hybridized carbons (Fsp3) is 0. The first kappa shape index (κ1) is 18.0. The Kier molecular flexibility index (Phi) is 5.49. The molecular weight excluding hydrogens is 414 g/mol. The van der Waals surface area contributed by atoms with Crippen molar-refractivity contribution in [3.05, 3.63) is 95.0 Å². The van der Waals surface area contributed by atoms with Gasteiger partial charge in [0.05, 0.1) is 6.21 Å². The van der Waals surface area contributed by atoms with Crippen molar-refractivity contribution in [1.29, 1.82) is 0 Å². The fourth-order valence-electron chi connectivity index (χ4n) is 2.71. The maximum Gasteiger partial charge on any atom is 0.263 e. The summed E-state index contributed by atoms with van der Waals surface area (Å²) in [5.74, 6) is 0.338. The molecule has 0 unspecified atom stereocenters. The number of anilines is 1. The van der Waals surface area contributed by atoms with Crippen LogP contribution < -0.4 is 5.43 Å². The lowest BCUT2D eigenvalue weighted by Crippen LogP contribution is -2.03. The first-order valence-electron chi connectivity index (χ1n) is 8.70. The Hall–Kier alpha value is -3.38. The summed E-state index contributed by atoms with van der Waals surface area (Å²) in [6.07, 6.45) is 1.71. The van der Waals surface area contributed by atoms with Crippen LogP contribution in [-0.2, 0) is 0 Å². The summed E-state index contributed by atoms with van der Waals surface area (Å²) in [6, 6.07) is 27.7. The zero-order valence-electron chi connectivity index (χ0n) is 14.8. The average Bonchev–Trinajstić information content (AvgIpc) is 2.75. The zero-order chi connectivity index (χ0) is 19.2. The predicted octanol–water partition coefficient (Wildman–Crippen LogP) is 5.41. The van der Waals surface area contributed by atoms with Crippen LogP contribution in [-0.4, -0.2) is 21.4 Å². The second-order valence-electron chi connectivity index (χ2n) is 5.99. The van der Waals surface area contributed by atoms with Crippen LogP contribution in [0.1, 0.15) is 5.56 Å². The number of benzene rings is 3. The lowest BCUT2D eigenvalue weighted by molar-refractivity contribution is 0.973. The molecule has 0 saturated carbocycles. The molecule has 1 heterocycles. The van der Waals surface area contributed by atoms with Crippen molar-refractivity contribution in [1.82, 2.24) is 15.2 Å². The average molecular weight is 430 g/mol. The van der Waals surface area contributed by atoms with Crippen molar-refractivity contribution < 1.29 is 0 Å². The molecule has 4 aromatic rings. The lowest BCUT2D eigenvalue weighted by atomic mass is 10.0. The van der Waals surface area contributed by atoms with Crippen LogP contribution in [0.5, 0.6) is 0 Å². The Balaban J connectivity index is 1.66. The maximum atomic E-state index is 4.66. The quantitative estimate of drug-likeness (QED) is 0.340. The third kappa shape index (κ3) is 4.29. The first-order valence-corrected chi connectivity index (χ1v) is 9.49. The Morgan fingerprint density at radius 1 is 0.750 bits per heavy atom. The van der Waals surface area contributed by atoms with Crippen molar-refractivity contribution in [3.63, 3.8) is 0 Å². The molecule has 1 N–H and O–H groups in total. The van der Waals surface area contributed by atoms with E-state index in [0.717, 1.165) is 32.6 Å². The smallest absolute Gasteiger partial charge is 0.244 e. The maximum absolute atomic E-state index is 4.66. The minimum absolute atomic E-state index is 0.338. The van der Waals surface area contributed by atoms with E-state index in [2.05, 4.69) is 41.6 Å². The van der Waals surface area contributed by atoms with E-state index in [0.29, 0.717) is 5.95 Å². The molecule has 1 aromatic heterocycles. The van der Waals surface area contributed by atoms with Gasteiger partial charge in [-0.2, -0.15) is 5.10 Å². The normalized spacial score (nSPS) is 10.9. The second-order valence-corrected chi connectivity index (χ2v) is 6.91. The molecule has 0 aliphatic heterocycles. The number of nitrogens with zero attached hydrogens (tertiary/aromatic N) is 4. The van der Waals surface area contributed by atoms with Gasteiger partial charge in [0.2, 0.25) is 0 Å². The number of halogens is 1. The van der Waals surface area contributed by atoms with E-state index in [-0.39, 0.29) is 0 Å². The van der Waals surface area contributed by atoms with Gasteiger partial charge in [-0.05, 0) is 17.7 Å². The highest BCUT2D eigenvalue weighted by Crippen LogP contribution is 2.28. The Morgan fingerprint density at radius 3 is 2.11 bits per heavy atom. The zero-order valence-corrected chi connectivity index (χ0v) is 16.4. The van der Waals surface area contributed by atoms with Crippen molar-refractivity contribution in [2.45, 2.75) is 0 Å². The molecule has 0 bridgehead atoms. The highest BCUT2D eigenvalue weighted by Gasteiger charge is 2.13. The van der Waals surface area contributed by atoms with Crippen molar-refractivity contribution in [3.8, 4) is 22.5 Å². The van der Waals surface area contributed by atoms with E-state index in [1.165, 1.54) is 0 Å². The van der Waals surface area contributed by atoms with Gasteiger partial charge in [0.25, 0.3) is 5.95 Å². The van der Waals surface area contributed by atoms with Gasteiger partial charge in [0, 0.05) is 15.6 Å². The van der Waals surface area contributed by atoms with Crippen LogP contribution >= 0.6 is 15.9 Å². The van der Waals surface area contributed by atoms with Gasteiger partial charge in [-0.15, -0.1) is 10.2 Å². The first-order chi connectivity index (χ1) is 13.8. The van der Waals surface area contributed by atoms with E-state index in [9.17, 15) is 0 Å². The van der Waals surface area contributed by atoms with Gasteiger partial charge >= 0.3 is 0 Å².